The maximum Gasteiger partial charge on any atom is 0.252 e. The molecule has 2 heterocycles. The lowest BCUT2D eigenvalue weighted by Gasteiger charge is -2.24. The molecule has 1 unspecified atom stereocenters. The molecule has 1 aromatic heterocycles. The number of aromatic nitrogens is 1. The third-order valence-electron chi connectivity index (χ3n) is 4.11. The molecular weight excluding hydrogens is 250 g/mol. The summed E-state index contributed by atoms with van der Waals surface area (Å²) in [6, 6.07) is 10.2. The monoisotopic (exact) mass is 271 g/mol. The average Bonchev–Trinajstić information content (AvgIpc) is 2.50. The summed E-state index contributed by atoms with van der Waals surface area (Å²) in [5.74, 6) is 0. The van der Waals surface area contributed by atoms with Gasteiger partial charge in [0.05, 0.1) is 5.52 Å². The van der Waals surface area contributed by atoms with Crippen LogP contribution in [0.1, 0.15) is 19.3 Å². The Hall–Kier alpha value is -1.81. The van der Waals surface area contributed by atoms with Gasteiger partial charge in [0.15, 0.2) is 0 Å². The molecule has 1 aromatic carbocycles. The van der Waals surface area contributed by atoms with E-state index >= 15 is 0 Å². The summed E-state index contributed by atoms with van der Waals surface area (Å²) in [5.41, 5.74) is 1.94. The number of nitrogens with one attached hydrogen (secondary N) is 2. The van der Waals surface area contributed by atoms with Gasteiger partial charge in [0, 0.05) is 36.8 Å². The number of fused-ring (bicyclic) bond motifs is 1. The van der Waals surface area contributed by atoms with Gasteiger partial charge in [-0.1, -0.05) is 24.6 Å². The van der Waals surface area contributed by atoms with Crippen LogP contribution in [-0.2, 0) is 7.05 Å². The molecule has 0 spiro atoms. The molecule has 3 rings (SSSR count). The molecule has 1 atom stereocenters. The molecule has 1 aliphatic rings. The molecule has 0 amide bonds. The number of anilines is 1. The van der Waals surface area contributed by atoms with Crippen LogP contribution in [0.4, 0.5) is 5.69 Å². The second-order valence-electron chi connectivity index (χ2n) is 5.50. The first-order chi connectivity index (χ1) is 9.75. The van der Waals surface area contributed by atoms with E-state index in [1.165, 1.54) is 19.3 Å². The summed E-state index contributed by atoms with van der Waals surface area (Å²) < 4.78 is 1.69. The summed E-state index contributed by atoms with van der Waals surface area (Å²) in [4.78, 5) is 12.0. The largest absolute Gasteiger partial charge is 0.383 e. The number of para-hydroxylation sites is 1. The minimum absolute atomic E-state index is 0.0304. The first-order valence-electron chi connectivity index (χ1n) is 7.32. The number of hydrogen-bond donors (Lipinski definition) is 2. The van der Waals surface area contributed by atoms with Gasteiger partial charge in [0.1, 0.15) is 0 Å². The van der Waals surface area contributed by atoms with Crippen LogP contribution < -0.4 is 16.2 Å². The van der Waals surface area contributed by atoms with E-state index in [1.807, 2.05) is 25.2 Å². The second-order valence-corrected chi connectivity index (χ2v) is 5.50. The second kappa shape index (κ2) is 5.67. The Labute approximate surface area is 118 Å². The van der Waals surface area contributed by atoms with Gasteiger partial charge in [-0.15, -0.1) is 0 Å². The topological polar surface area (TPSA) is 46.1 Å². The van der Waals surface area contributed by atoms with Crippen LogP contribution in [0.15, 0.2) is 35.1 Å². The minimum Gasteiger partial charge on any atom is -0.383 e. The van der Waals surface area contributed by atoms with Crippen molar-refractivity contribution in [2.75, 3.05) is 18.4 Å². The van der Waals surface area contributed by atoms with Crippen molar-refractivity contribution in [1.29, 1.82) is 0 Å². The number of nitrogens with zero attached hydrogens (tertiary/aromatic N) is 1. The van der Waals surface area contributed by atoms with E-state index in [4.69, 9.17) is 0 Å². The highest BCUT2D eigenvalue weighted by molar-refractivity contribution is 5.91. The number of piperidine rings is 1. The Morgan fingerprint density at radius 3 is 3.00 bits per heavy atom. The zero-order valence-corrected chi connectivity index (χ0v) is 11.9. The maximum absolute atomic E-state index is 12.0. The number of hydrogen-bond acceptors (Lipinski definition) is 3. The number of pyridine rings is 1. The van der Waals surface area contributed by atoms with Crippen LogP contribution in [0.2, 0.25) is 0 Å². The lowest BCUT2D eigenvalue weighted by Crippen LogP contribution is -2.39. The Morgan fingerprint density at radius 1 is 1.35 bits per heavy atom. The van der Waals surface area contributed by atoms with Crippen molar-refractivity contribution in [2.24, 2.45) is 7.05 Å². The van der Waals surface area contributed by atoms with Crippen LogP contribution in [0.5, 0.6) is 0 Å². The van der Waals surface area contributed by atoms with E-state index in [1.54, 1.807) is 10.6 Å². The molecule has 4 nitrogen and oxygen atoms in total. The van der Waals surface area contributed by atoms with E-state index in [9.17, 15) is 4.79 Å². The van der Waals surface area contributed by atoms with E-state index in [2.05, 4.69) is 16.7 Å². The van der Waals surface area contributed by atoms with E-state index in [0.29, 0.717) is 6.04 Å². The van der Waals surface area contributed by atoms with Crippen molar-refractivity contribution in [3.8, 4) is 0 Å². The maximum atomic E-state index is 12.0. The van der Waals surface area contributed by atoms with E-state index < -0.39 is 0 Å². The van der Waals surface area contributed by atoms with Crippen LogP contribution >= 0.6 is 0 Å². The van der Waals surface area contributed by atoms with Crippen molar-refractivity contribution in [1.82, 2.24) is 9.88 Å². The van der Waals surface area contributed by atoms with Crippen LogP contribution in [-0.4, -0.2) is 23.7 Å². The van der Waals surface area contributed by atoms with Crippen LogP contribution in [0, 0.1) is 0 Å². The minimum atomic E-state index is 0.0304. The fourth-order valence-electron chi connectivity index (χ4n) is 2.89. The molecule has 20 heavy (non-hydrogen) atoms. The Balaban J connectivity index is 1.87. The van der Waals surface area contributed by atoms with Gasteiger partial charge in [-0.3, -0.25) is 4.79 Å². The molecule has 1 aliphatic heterocycles. The predicted octanol–water partition coefficient (Wildman–Crippen LogP) is 2.09. The van der Waals surface area contributed by atoms with Gasteiger partial charge in [-0.05, 0) is 25.5 Å². The molecule has 0 aliphatic carbocycles. The van der Waals surface area contributed by atoms with Gasteiger partial charge in [-0.25, -0.2) is 0 Å². The number of benzene rings is 1. The van der Waals surface area contributed by atoms with Crippen molar-refractivity contribution in [3.05, 3.63) is 40.7 Å². The van der Waals surface area contributed by atoms with Gasteiger partial charge in [0.25, 0.3) is 5.56 Å². The summed E-state index contributed by atoms with van der Waals surface area (Å²) >= 11 is 0. The van der Waals surface area contributed by atoms with Crippen molar-refractivity contribution < 1.29 is 0 Å². The SMILES string of the molecule is Cn1c(=O)cc(NCC2CCCCN2)c2ccccc21. The molecule has 0 saturated carbocycles. The number of rotatable bonds is 3. The summed E-state index contributed by atoms with van der Waals surface area (Å²) in [6.45, 7) is 1.97. The fraction of sp³-hybridized carbons (Fsp3) is 0.438. The summed E-state index contributed by atoms with van der Waals surface area (Å²) in [5, 5.41) is 8.07. The first-order valence-corrected chi connectivity index (χ1v) is 7.32. The van der Waals surface area contributed by atoms with Crippen molar-refractivity contribution >= 4 is 16.6 Å². The van der Waals surface area contributed by atoms with Gasteiger partial charge < -0.3 is 15.2 Å². The highest BCUT2D eigenvalue weighted by Gasteiger charge is 2.13. The zero-order chi connectivity index (χ0) is 13.9. The molecule has 1 saturated heterocycles. The van der Waals surface area contributed by atoms with Crippen LogP contribution in [0.25, 0.3) is 10.9 Å². The van der Waals surface area contributed by atoms with Crippen molar-refractivity contribution in [2.45, 2.75) is 25.3 Å². The third-order valence-corrected chi connectivity index (χ3v) is 4.11. The molecule has 0 bridgehead atoms. The Bertz CT molecular complexity index is 656. The zero-order valence-electron chi connectivity index (χ0n) is 11.9. The smallest absolute Gasteiger partial charge is 0.252 e. The third kappa shape index (κ3) is 2.56. The van der Waals surface area contributed by atoms with Crippen molar-refractivity contribution in [3.63, 3.8) is 0 Å². The summed E-state index contributed by atoms with van der Waals surface area (Å²) in [7, 11) is 1.82. The highest BCUT2D eigenvalue weighted by Crippen LogP contribution is 2.21. The van der Waals surface area contributed by atoms with Crippen LogP contribution in [0.3, 0.4) is 0 Å². The molecule has 2 aromatic rings. The van der Waals surface area contributed by atoms with Gasteiger partial charge in [-0.2, -0.15) is 0 Å². The molecule has 4 heteroatoms. The van der Waals surface area contributed by atoms with Gasteiger partial charge in [0.2, 0.25) is 0 Å². The predicted molar refractivity (Wildman–Crippen MR) is 83.3 cm³/mol. The average molecular weight is 271 g/mol. The number of aryl methyl sites for hydroxylation is 1. The fourth-order valence-corrected chi connectivity index (χ4v) is 2.89. The van der Waals surface area contributed by atoms with Gasteiger partial charge >= 0.3 is 0 Å². The normalized spacial score (nSPS) is 19.1. The quantitative estimate of drug-likeness (QED) is 0.898. The lowest BCUT2D eigenvalue weighted by molar-refractivity contribution is 0.414. The first kappa shape index (κ1) is 13.2. The molecular formula is C16H21N3O. The Morgan fingerprint density at radius 2 is 2.20 bits per heavy atom. The molecule has 0 radical (unpaired) electrons. The standard InChI is InChI=1S/C16H21N3O/c1-19-15-8-3-2-7-13(15)14(10-16(19)20)18-11-12-6-4-5-9-17-12/h2-3,7-8,10,12,17-18H,4-6,9,11H2,1H3. The Kier molecular flexibility index (Phi) is 3.74. The highest BCUT2D eigenvalue weighted by atomic mass is 16.1. The lowest BCUT2D eigenvalue weighted by atomic mass is 10.0. The molecule has 1 fully saturated rings. The van der Waals surface area contributed by atoms with E-state index in [0.717, 1.165) is 29.7 Å². The van der Waals surface area contributed by atoms with E-state index in [-0.39, 0.29) is 5.56 Å². The summed E-state index contributed by atoms with van der Waals surface area (Å²) in [6.07, 6.45) is 3.76. The molecule has 2 N–H and O–H groups in total. The molecule has 106 valence electrons.